The monoisotopic (exact) mass is 259 g/mol. The number of sulfonamides is 1. The average molecular weight is 259 g/mol. The molecule has 0 atom stereocenters. The number of nitrogens with one attached hydrogen (secondary N) is 1. The van der Waals surface area contributed by atoms with E-state index in [1.54, 1.807) is 0 Å². The van der Waals surface area contributed by atoms with E-state index in [0.717, 1.165) is 19.0 Å². The minimum Gasteiger partial charge on any atom is -0.465 e. The second kappa shape index (κ2) is 4.46. The van der Waals surface area contributed by atoms with Crippen molar-refractivity contribution in [3.8, 4) is 0 Å². The first-order valence-corrected chi connectivity index (χ1v) is 6.63. The summed E-state index contributed by atoms with van der Waals surface area (Å²) in [5, 5.41) is 5.77. The van der Waals surface area contributed by atoms with Gasteiger partial charge < -0.3 is 4.74 Å². The molecule has 1 fully saturated rings. The van der Waals surface area contributed by atoms with Crippen LogP contribution in [0.3, 0.4) is 0 Å². The molecule has 0 unspecified atom stereocenters. The second-order valence-corrected chi connectivity index (χ2v) is 5.59. The van der Waals surface area contributed by atoms with Crippen LogP contribution in [0.25, 0.3) is 0 Å². The van der Waals surface area contributed by atoms with Crippen molar-refractivity contribution >= 4 is 16.0 Å². The fourth-order valence-electron chi connectivity index (χ4n) is 1.78. The molecule has 1 saturated heterocycles. The normalized spacial score (nSPS) is 17.2. The number of esters is 1. The van der Waals surface area contributed by atoms with Crippen LogP contribution in [0.5, 0.6) is 0 Å². The first-order valence-electron chi connectivity index (χ1n) is 5.19. The predicted octanol–water partition coefficient (Wildman–Crippen LogP) is -0.0192. The van der Waals surface area contributed by atoms with Crippen LogP contribution in [-0.4, -0.2) is 49.1 Å². The molecule has 1 aromatic heterocycles. The molecule has 7 nitrogen and oxygen atoms in total. The first-order chi connectivity index (χ1) is 8.07. The number of carbonyl (C=O) groups is 1. The molecule has 0 aliphatic carbocycles. The molecule has 0 radical (unpaired) electrons. The molecule has 1 aliphatic heterocycles. The van der Waals surface area contributed by atoms with Crippen LogP contribution < -0.4 is 0 Å². The van der Waals surface area contributed by atoms with Gasteiger partial charge in [-0.1, -0.05) is 0 Å². The van der Waals surface area contributed by atoms with E-state index in [2.05, 4.69) is 14.9 Å². The lowest BCUT2D eigenvalue weighted by molar-refractivity contribution is 0.0596. The molecule has 17 heavy (non-hydrogen) atoms. The van der Waals surface area contributed by atoms with Gasteiger partial charge in [0, 0.05) is 13.1 Å². The Morgan fingerprint density at radius 3 is 2.71 bits per heavy atom. The molecular weight excluding hydrogens is 246 g/mol. The summed E-state index contributed by atoms with van der Waals surface area (Å²) in [5.74, 6) is -0.712. The molecule has 94 valence electrons. The Bertz CT molecular complexity index is 516. The standard InChI is InChI=1S/C9H13N3O4S/c1-16-9(13)7-6-10-11-8(7)17(14,15)12-4-2-3-5-12/h6H,2-5H2,1H3,(H,10,11). The molecule has 1 N–H and O–H groups in total. The molecule has 2 rings (SSSR count). The number of methoxy groups -OCH3 is 1. The SMILES string of the molecule is COC(=O)c1cn[nH]c1S(=O)(=O)N1CCCC1. The lowest BCUT2D eigenvalue weighted by Gasteiger charge is -2.14. The van der Waals surface area contributed by atoms with Crippen LogP contribution >= 0.6 is 0 Å². The summed E-state index contributed by atoms with van der Waals surface area (Å²) in [6, 6.07) is 0. The van der Waals surface area contributed by atoms with Crippen molar-refractivity contribution in [2.45, 2.75) is 17.9 Å². The van der Waals surface area contributed by atoms with Gasteiger partial charge >= 0.3 is 5.97 Å². The quantitative estimate of drug-likeness (QED) is 0.770. The molecule has 1 aliphatic rings. The van der Waals surface area contributed by atoms with Crippen molar-refractivity contribution in [1.82, 2.24) is 14.5 Å². The number of ether oxygens (including phenoxy) is 1. The molecular formula is C9H13N3O4S. The topological polar surface area (TPSA) is 92.4 Å². The molecule has 0 amide bonds. The van der Waals surface area contributed by atoms with E-state index in [0.29, 0.717) is 13.1 Å². The van der Waals surface area contributed by atoms with Gasteiger partial charge in [-0.15, -0.1) is 0 Å². The summed E-state index contributed by atoms with van der Waals surface area (Å²) in [4.78, 5) is 11.4. The van der Waals surface area contributed by atoms with Gasteiger partial charge in [0.1, 0.15) is 5.56 Å². The zero-order valence-corrected chi connectivity index (χ0v) is 10.2. The third-order valence-electron chi connectivity index (χ3n) is 2.67. The van der Waals surface area contributed by atoms with Gasteiger partial charge in [-0.05, 0) is 12.8 Å². The highest BCUT2D eigenvalue weighted by atomic mass is 32.2. The fraction of sp³-hybridized carbons (Fsp3) is 0.556. The zero-order valence-electron chi connectivity index (χ0n) is 9.34. The van der Waals surface area contributed by atoms with Gasteiger partial charge in [-0.3, -0.25) is 5.10 Å². The number of aromatic amines is 1. The maximum Gasteiger partial charge on any atom is 0.342 e. The van der Waals surface area contributed by atoms with Crippen LogP contribution in [0.1, 0.15) is 23.2 Å². The summed E-state index contributed by atoms with van der Waals surface area (Å²) in [6.07, 6.45) is 2.83. The molecule has 0 aromatic carbocycles. The smallest absolute Gasteiger partial charge is 0.342 e. The van der Waals surface area contributed by atoms with Crippen molar-refractivity contribution in [1.29, 1.82) is 0 Å². The third kappa shape index (κ3) is 2.05. The molecule has 0 saturated carbocycles. The highest BCUT2D eigenvalue weighted by Gasteiger charge is 2.32. The third-order valence-corrected chi connectivity index (χ3v) is 4.54. The number of rotatable bonds is 3. The Hall–Kier alpha value is -1.41. The van der Waals surface area contributed by atoms with Gasteiger partial charge in [0.25, 0.3) is 10.0 Å². The highest BCUT2D eigenvalue weighted by Crippen LogP contribution is 2.22. The summed E-state index contributed by atoms with van der Waals surface area (Å²) < 4.78 is 30.2. The van der Waals surface area contributed by atoms with E-state index in [1.165, 1.54) is 11.4 Å². The molecule has 8 heteroatoms. The van der Waals surface area contributed by atoms with Crippen molar-refractivity contribution in [3.05, 3.63) is 11.8 Å². The Labute approximate surface area is 98.8 Å². The van der Waals surface area contributed by atoms with Crippen molar-refractivity contribution < 1.29 is 17.9 Å². The van der Waals surface area contributed by atoms with Gasteiger partial charge in [-0.25, -0.2) is 13.2 Å². The predicted molar refractivity (Wildman–Crippen MR) is 57.9 cm³/mol. The maximum absolute atomic E-state index is 12.2. The maximum atomic E-state index is 12.2. The van der Waals surface area contributed by atoms with E-state index in [1.807, 2.05) is 0 Å². The van der Waals surface area contributed by atoms with E-state index >= 15 is 0 Å². The largest absolute Gasteiger partial charge is 0.465 e. The summed E-state index contributed by atoms with van der Waals surface area (Å²) >= 11 is 0. The van der Waals surface area contributed by atoms with Crippen LogP contribution in [-0.2, 0) is 14.8 Å². The summed E-state index contributed by atoms with van der Waals surface area (Å²) in [7, 11) is -2.47. The van der Waals surface area contributed by atoms with E-state index in [-0.39, 0.29) is 10.6 Å². The van der Waals surface area contributed by atoms with Crippen LogP contribution in [0, 0.1) is 0 Å². The minimum absolute atomic E-state index is 0.0561. The summed E-state index contributed by atoms with van der Waals surface area (Å²) in [6.45, 7) is 0.948. The molecule has 2 heterocycles. The lowest BCUT2D eigenvalue weighted by atomic mass is 10.4. The summed E-state index contributed by atoms with van der Waals surface area (Å²) in [5.41, 5.74) is -0.0561. The van der Waals surface area contributed by atoms with E-state index in [9.17, 15) is 13.2 Å². The zero-order chi connectivity index (χ0) is 12.5. The van der Waals surface area contributed by atoms with Crippen molar-refractivity contribution in [3.63, 3.8) is 0 Å². The average Bonchev–Trinajstić information content (AvgIpc) is 2.98. The van der Waals surface area contributed by atoms with Gasteiger partial charge in [0.05, 0.1) is 13.3 Å². The molecule has 1 aromatic rings. The van der Waals surface area contributed by atoms with Crippen molar-refractivity contribution in [2.24, 2.45) is 0 Å². The van der Waals surface area contributed by atoms with Gasteiger partial charge in [0.15, 0.2) is 5.03 Å². The second-order valence-electron chi connectivity index (χ2n) is 3.72. The molecule has 0 spiro atoms. The highest BCUT2D eigenvalue weighted by molar-refractivity contribution is 7.89. The number of carbonyl (C=O) groups excluding carboxylic acids is 1. The Balaban J connectivity index is 2.39. The van der Waals surface area contributed by atoms with Crippen LogP contribution in [0.2, 0.25) is 0 Å². The Morgan fingerprint density at radius 2 is 2.12 bits per heavy atom. The Morgan fingerprint density at radius 1 is 1.47 bits per heavy atom. The number of nitrogens with zero attached hydrogens (tertiary/aromatic N) is 2. The van der Waals surface area contributed by atoms with E-state index < -0.39 is 16.0 Å². The Kier molecular flexibility index (Phi) is 3.16. The van der Waals surface area contributed by atoms with Crippen LogP contribution in [0.15, 0.2) is 11.2 Å². The minimum atomic E-state index is -3.67. The molecule has 0 bridgehead atoms. The number of hydrogen-bond donors (Lipinski definition) is 1. The fourth-order valence-corrected chi connectivity index (χ4v) is 3.36. The van der Waals surface area contributed by atoms with E-state index in [4.69, 9.17) is 0 Å². The number of hydrogen-bond acceptors (Lipinski definition) is 5. The first kappa shape index (κ1) is 12.1. The van der Waals surface area contributed by atoms with Gasteiger partial charge in [-0.2, -0.15) is 9.40 Å². The van der Waals surface area contributed by atoms with Crippen molar-refractivity contribution in [2.75, 3.05) is 20.2 Å². The number of aromatic nitrogens is 2. The lowest BCUT2D eigenvalue weighted by Crippen LogP contribution is -2.29. The van der Waals surface area contributed by atoms with Gasteiger partial charge in [0.2, 0.25) is 0 Å². The van der Waals surface area contributed by atoms with Crippen LogP contribution in [0.4, 0.5) is 0 Å². The number of H-pyrrole nitrogens is 1.